The molecule has 0 aliphatic heterocycles. The first-order chi connectivity index (χ1) is 9.08. The second-order valence-electron chi connectivity index (χ2n) is 4.19. The number of aromatic nitrogens is 5. The van der Waals surface area contributed by atoms with E-state index in [4.69, 9.17) is 5.11 Å². The molecule has 2 heterocycles. The molecule has 0 fully saturated rings. The smallest absolute Gasteiger partial charge is 0.339 e. The summed E-state index contributed by atoms with van der Waals surface area (Å²) >= 11 is 0. The summed E-state index contributed by atoms with van der Waals surface area (Å²) in [5.74, 6) is -0.199. The SMILES string of the molecule is Cn1cnc(CCNCc2c(C(=O)O)cnn2C)n1. The van der Waals surface area contributed by atoms with Crippen LogP contribution in [0.1, 0.15) is 21.9 Å². The Hall–Kier alpha value is -2.22. The fourth-order valence-electron chi connectivity index (χ4n) is 1.76. The Morgan fingerprint density at radius 2 is 2.26 bits per heavy atom. The van der Waals surface area contributed by atoms with Gasteiger partial charge in [0.1, 0.15) is 11.9 Å². The number of nitrogens with zero attached hydrogens (tertiary/aromatic N) is 5. The Bertz CT molecular complexity index is 574. The van der Waals surface area contributed by atoms with Crippen molar-refractivity contribution in [1.29, 1.82) is 0 Å². The van der Waals surface area contributed by atoms with E-state index in [0.717, 1.165) is 5.82 Å². The van der Waals surface area contributed by atoms with Gasteiger partial charge in [-0.3, -0.25) is 9.36 Å². The number of hydrogen-bond donors (Lipinski definition) is 2. The molecule has 0 aliphatic rings. The number of aryl methyl sites for hydroxylation is 2. The van der Waals surface area contributed by atoms with Crippen molar-refractivity contribution in [3.8, 4) is 0 Å². The molecule has 19 heavy (non-hydrogen) atoms. The van der Waals surface area contributed by atoms with Crippen LogP contribution in [0.25, 0.3) is 0 Å². The molecule has 2 N–H and O–H groups in total. The minimum atomic E-state index is -0.962. The van der Waals surface area contributed by atoms with Crippen LogP contribution in [0, 0.1) is 0 Å². The number of aromatic carboxylic acids is 1. The molecule has 0 amide bonds. The predicted molar refractivity (Wildman–Crippen MR) is 66.6 cm³/mol. The van der Waals surface area contributed by atoms with E-state index in [2.05, 4.69) is 20.5 Å². The number of carbonyl (C=O) groups is 1. The highest BCUT2D eigenvalue weighted by molar-refractivity contribution is 5.88. The summed E-state index contributed by atoms with van der Waals surface area (Å²) in [7, 11) is 3.54. The summed E-state index contributed by atoms with van der Waals surface area (Å²) in [5.41, 5.74) is 0.882. The molecule has 2 aromatic rings. The van der Waals surface area contributed by atoms with Crippen molar-refractivity contribution in [2.45, 2.75) is 13.0 Å². The Kier molecular flexibility index (Phi) is 3.91. The van der Waals surface area contributed by atoms with E-state index < -0.39 is 5.97 Å². The van der Waals surface area contributed by atoms with E-state index in [9.17, 15) is 4.79 Å². The molecule has 0 saturated heterocycles. The van der Waals surface area contributed by atoms with Gasteiger partial charge < -0.3 is 10.4 Å². The van der Waals surface area contributed by atoms with Crippen molar-refractivity contribution < 1.29 is 9.90 Å². The standard InChI is InChI=1S/C11H16N6O2/c1-16-7-13-10(15-16)3-4-12-6-9-8(11(18)19)5-14-17(9)2/h5,7,12H,3-4,6H2,1-2H3,(H,18,19). The maximum atomic E-state index is 11.0. The zero-order valence-electron chi connectivity index (χ0n) is 10.9. The lowest BCUT2D eigenvalue weighted by atomic mass is 10.2. The van der Waals surface area contributed by atoms with Crippen molar-refractivity contribution >= 4 is 5.97 Å². The maximum absolute atomic E-state index is 11.0. The van der Waals surface area contributed by atoms with Crippen LogP contribution < -0.4 is 5.32 Å². The molecule has 0 bridgehead atoms. The molecule has 0 aromatic carbocycles. The molecule has 8 heteroatoms. The molecule has 0 aliphatic carbocycles. The Labute approximate surface area is 110 Å². The van der Waals surface area contributed by atoms with E-state index in [-0.39, 0.29) is 5.56 Å². The van der Waals surface area contributed by atoms with Crippen LogP contribution in [0.5, 0.6) is 0 Å². The van der Waals surface area contributed by atoms with E-state index in [1.54, 1.807) is 22.7 Å². The van der Waals surface area contributed by atoms with Crippen LogP contribution in [0.2, 0.25) is 0 Å². The first-order valence-electron chi connectivity index (χ1n) is 5.87. The molecule has 2 aromatic heterocycles. The highest BCUT2D eigenvalue weighted by Crippen LogP contribution is 2.06. The summed E-state index contributed by atoms with van der Waals surface area (Å²) in [6.45, 7) is 1.12. The van der Waals surface area contributed by atoms with Gasteiger partial charge in [-0.05, 0) is 0 Å². The lowest BCUT2D eigenvalue weighted by molar-refractivity contribution is 0.0695. The summed E-state index contributed by atoms with van der Waals surface area (Å²) in [4.78, 5) is 15.1. The third-order valence-electron chi connectivity index (χ3n) is 2.76. The van der Waals surface area contributed by atoms with E-state index in [0.29, 0.717) is 25.2 Å². The first kappa shape index (κ1) is 13.2. The molecule has 8 nitrogen and oxygen atoms in total. The Morgan fingerprint density at radius 3 is 2.89 bits per heavy atom. The van der Waals surface area contributed by atoms with Crippen LogP contribution in [0.4, 0.5) is 0 Å². The van der Waals surface area contributed by atoms with Gasteiger partial charge in [0.05, 0.1) is 11.9 Å². The highest BCUT2D eigenvalue weighted by Gasteiger charge is 2.14. The Balaban J connectivity index is 1.86. The van der Waals surface area contributed by atoms with Crippen LogP contribution in [0.3, 0.4) is 0 Å². The second kappa shape index (κ2) is 5.61. The lowest BCUT2D eigenvalue weighted by Gasteiger charge is -2.05. The number of carboxylic acids is 1. The van der Waals surface area contributed by atoms with E-state index in [1.807, 2.05) is 7.05 Å². The topological polar surface area (TPSA) is 97.9 Å². The first-order valence-corrected chi connectivity index (χ1v) is 5.87. The van der Waals surface area contributed by atoms with Crippen LogP contribution >= 0.6 is 0 Å². The maximum Gasteiger partial charge on any atom is 0.339 e. The van der Waals surface area contributed by atoms with Gasteiger partial charge in [0.25, 0.3) is 0 Å². The number of hydrogen-bond acceptors (Lipinski definition) is 5. The number of carboxylic acid groups (broad SMARTS) is 1. The number of rotatable bonds is 6. The molecule has 0 saturated carbocycles. The van der Waals surface area contributed by atoms with Gasteiger partial charge in [-0.1, -0.05) is 0 Å². The summed E-state index contributed by atoms with van der Waals surface area (Å²) in [5, 5.41) is 20.3. The molecule has 2 rings (SSSR count). The van der Waals surface area contributed by atoms with Crippen LogP contribution in [-0.2, 0) is 27.1 Å². The normalized spacial score (nSPS) is 10.8. The van der Waals surface area contributed by atoms with Gasteiger partial charge in [-0.2, -0.15) is 10.2 Å². The largest absolute Gasteiger partial charge is 0.478 e. The molecule has 102 valence electrons. The van der Waals surface area contributed by atoms with E-state index >= 15 is 0 Å². The van der Waals surface area contributed by atoms with Crippen LogP contribution in [-0.4, -0.2) is 42.2 Å². The van der Waals surface area contributed by atoms with Crippen molar-refractivity contribution in [3.05, 3.63) is 29.6 Å². The summed E-state index contributed by atoms with van der Waals surface area (Å²) in [6.07, 6.45) is 3.71. The lowest BCUT2D eigenvalue weighted by Crippen LogP contribution is -2.20. The van der Waals surface area contributed by atoms with Crippen molar-refractivity contribution in [2.24, 2.45) is 14.1 Å². The van der Waals surface area contributed by atoms with Crippen molar-refractivity contribution in [3.63, 3.8) is 0 Å². The average Bonchev–Trinajstić information content (AvgIpc) is 2.92. The third kappa shape index (κ3) is 3.16. The van der Waals surface area contributed by atoms with Crippen molar-refractivity contribution in [1.82, 2.24) is 29.9 Å². The monoisotopic (exact) mass is 264 g/mol. The van der Waals surface area contributed by atoms with Crippen molar-refractivity contribution in [2.75, 3.05) is 6.54 Å². The van der Waals surface area contributed by atoms with Gasteiger partial charge in [0.15, 0.2) is 5.82 Å². The minimum absolute atomic E-state index is 0.228. The fraction of sp³-hybridized carbons (Fsp3) is 0.455. The van der Waals surface area contributed by atoms with Gasteiger partial charge in [0.2, 0.25) is 0 Å². The van der Waals surface area contributed by atoms with E-state index in [1.165, 1.54) is 6.20 Å². The zero-order valence-corrected chi connectivity index (χ0v) is 10.9. The summed E-state index contributed by atoms with van der Waals surface area (Å²) in [6, 6.07) is 0. The molecule has 0 unspecified atom stereocenters. The highest BCUT2D eigenvalue weighted by atomic mass is 16.4. The zero-order chi connectivity index (χ0) is 13.8. The van der Waals surface area contributed by atoms with Gasteiger partial charge in [-0.25, -0.2) is 9.78 Å². The molecule has 0 radical (unpaired) electrons. The van der Waals surface area contributed by atoms with Gasteiger partial charge in [0, 0.05) is 33.6 Å². The average molecular weight is 264 g/mol. The summed E-state index contributed by atoms with van der Waals surface area (Å²) < 4.78 is 3.22. The fourth-order valence-corrected chi connectivity index (χ4v) is 1.76. The molecule has 0 atom stereocenters. The van der Waals surface area contributed by atoms with Gasteiger partial charge in [-0.15, -0.1) is 0 Å². The molecular formula is C11H16N6O2. The quantitative estimate of drug-likeness (QED) is 0.688. The number of nitrogens with one attached hydrogen (secondary N) is 1. The third-order valence-corrected chi connectivity index (χ3v) is 2.76. The van der Waals surface area contributed by atoms with Gasteiger partial charge >= 0.3 is 5.97 Å². The predicted octanol–water partition coefficient (Wildman–Crippen LogP) is -0.421. The second-order valence-corrected chi connectivity index (χ2v) is 4.19. The Morgan fingerprint density at radius 1 is 1.47 bits per heavy atom. The molecule has 0 spiro atoms. The molecular weight excluding hydrogens is 248 g/mol. The minimum Gasteiger partial charge on any atom is -0.478 e. The van der Waals surface area contributed by atoms with Crippen LogP contribution in [0.15, 0.2) is 12.5 Å².